The second-order valence-electron chi connectivity index (χ2n) is 9.86. The van der Waals surface area contributed by atoms with E-state index in [4.69, 9.17) is 9.47 Å². The van der Waals surface area contributed by atoms with Gasteiger partial charge >= 0.3 is 0 Å². The summed E-state index contributed by atoms with van der Waals surface area (Å²) < 4.78 is 13.0. The third-order valence-electron chi connectivity index (χ3n) is 7.87. The lowest BCUT2D eigenvalue weighted by molar-refractivity contribution is -0.325. The molecule has 3 saturated carbocycles. The van der Waals surface area contributed by atoms with E-state index in [0.717, 1.165) is 61.6 Å². The van der Waals surface area contributed by atoms with Gasteiger partial charge in [0.2, 0.25) is 0 Å². The molecule has 0 amide bonds. The molecule has 132 valence electrons. The van der Waals surface area contributed by atoms with Gasteiger partial charge in [0.25, 0.3) is 0 Å². The number of ether oxygens (including phenoxy) is 2. The van der Waals surface area contributed by atoms with Gasteiger partial charge in [-0.15, -0.1) is 0 Å². The summed E-state index contributed by atoms with van der Waals surface area (Å²) >= 11 is 0. The average molecular weight is 321 g/mol. The van der Waals surface area contributed by atoms with Crippen LogP contribution < -0.4 is 0 Å². The van der Waals surface area contributed by atoms with Gasteiger partial charge in [-0.3, -0.25) is 0 Å². The molecule has 1 aliphatic heterocycles. The Hall–Kier alpha value is -0.0800. The van der Waals surface area contributed by atoms with Crippen molar-refractivity contribution in [1.82, 2.24) is 0 Å². The van der Waals surface area contributed by atoms with Gasteiger partial charge in [-0.05, 0) is 61.2 Å². The fourth-order valence-electron chi connectivity index (χ4n) is 7.02. The topological polar surface area (TPSA) is 18.5 Å². The van der Waals surface area contributed by atoms with Crippen molar-refractivity contribution < 1.29 is 9.47 Å². The summed E-state index contributed by atoms with van der Waals surface area (Å²) in [5.74, 6) is 4.97. The van der Waals surface area contributed by atoms with Crippen LogP contribution in [0.4, 0.5) is 0 Å². The Morgan fingerprint density at radius 2 is 1.43 bits per heavy atom. The Kier molecular flexibility index (Phi) is 4.08. The summed E-state index contributed by atoms with van der Waals surface area (Å²) in [5, 5.41) is 0. The second-order valence-corrected chi connectivity index (χ2v) is 9.86. The zero-order valence-electron chi connectivity index (χ0n) is 15.6. The van der Waals surface area contributed by atoms with Crippen molar-refractivity contribution in [2.75, 3.05) is 13.2 Å². The third kappa shape index (κ3) is 2.51. The van der Waals surface area contributed by atoms with E-state index < -0.39 is 0 Å². The smallest absolute Gasteiger partial charge is 0.168 e. The first-order valence-electron chi connectivity index (χ1n) is 10.2. The van der Waals surface area contributed by atoms with Gasteiger partial charge in [-0.2, -0.15) is 0 Å². The van der Waals surface area contributed by atoms with Crippen molar-refractivity contribution in [1.29, 1.82) is 0 Å². The van der Waals surface area contributed by atoms with Crippen LogP contribution in [0.5, 0.6) is 0 Å². The summed E-state index contributed by atoms with van der Waals surface area (Å²) in [6.45, 7) is 11.7. The van der Waals surface area contributed by atoms with Crippen molar-refractivity contribution >= 4 is 0 Å². The molecule has 4 aliphatic rings. The molecule has 0 radical (unpaired) electrons. The van der Waals surface area contributed by atoms with Gasteiger partial charge in [0, 0.05) is 18.3 Å². The van der Waals surface area contributed by atoms with E-state index >= 15 is 0 Å². The van der Waals surface area contributed by atoms with Crippen LogP contribution >= 0.6 is 0 Å². The first-order chi connectivity index (χ1) is 11.0. The summed E-state index contributed by atoms with van der Waals surface area (Å²) in [6.07, 6.45) is 8.96. The lowest BCUT2D eigenvalue weighted by Gasteiger charge is -2.53. The fourth-order valence-corrected chi connectivity index (χ4v) is 7.02. The van der Waals surface area contributed by atoms with Crippen LogP contribution in [-0.4, -0.2) is 19.0 Å². The Morgan fingerprint density at radius 3 is 2.00 bits per heavy atom. The van der Waals surface area contributed by atoms with Crippen LogP contribution in [0, 0.1) is 40.9 Å². The zero-order valence-corrected chi connectivity index (χ0v) is 15.6. The van der Waals surface area contributed by atoms with E-state index in [1.807, 2.05) is 0 Å². The quantitative estimate of drug-likeness (QED) is 0.690. The summed E-state index contributed by atoms with van der Waals surface area (Å²) in [6, 6.07) is 0. The molecule has 2 nitrogen and oxygen atoms in total. The molecule has 0 aromatic carbocycles. The molecule has 0 aromatic heterocycles. The molecule has 2 spiro atoms. The number of fused-ring (bicyclic) bond motifs is 3. The molecule has 3 aliphatic carbocycles. The van der Waals surface area contributed by atoms with Gasteiger partial charge in [-0.1, -0.05) is 34.1 Å². The second kappa shape index (κ2) is 5.73. The third-order valence-corrected chi connectivity index (χ3v) is 7.87. The molecule has 1 heterocycles. The predicted octanol–water partition coefficient (Wildman–Crippen LogP) is 5.26. The Labute approximate surface area is 142 Å². The van der Waals surface area contributed by atoms with Gasteiger partial charge < -0.3 is 9.47 Å². The lowest BCUT2D eigenvalue weighted by atomic mass is 9.60. The normalized spacial score (nSPS) is 41.5. The Bertz CT molecular complexity index is 425. The standard InChI is InChI=1S/C21H36O2/c1-14(2)18-16-10-17(19(18)15(3)4)20(11-16)12-22-21(23-13-20)8-6-5-7-9-21/h14-19H,5-13H2,1-4H3. The molecular weight excluding hydrogens is 284 g/mol. The molecule has 0 N–H and O–H groups in total. The van der Waals surface area contributed by atoms with Crippen molar-refractivity contribution in [2.45, 2.75) is 78.4 Å². The van der Waals surface area contributed by atoms with E-state index in [0.29, 0.717) is 5.41 Å². The summed E-state index contributed by atoms with van der Waals surface area (Å²) in [4.78, 5) is 0. The highest BCUT2D eigenvalue weighted by molar-refractivity contribution is 5.10. The van der Waals surface area contributed by atoms with E-state index in [2.05, 4.69) is 27.7 Å². The fraction of sp³-hybridized carbons (Fsp3) is 1.00. The molecule has 4 unspecified atom stereocenters. The van der Waals surface area contributed by atoms with Crippen LogP contribution in [-0.2, 0) is 9.47 Å². The number of hydrogen-bond donors (Lipinski definition) is 0. The van der Waals surface area contributed by atoms with Crippen LogP contribution in [0.15, 0.2) is 0 Å². The minimum atomic E-state index is -0.198. The molecule has 4 fully saturated rings. The predicted molar refractivity (Wildman–Crippen MR) is 93.0 cm³/mol. The maximum absolute atomic E-state index is 6.50. The van der Waals surface area contributed by atoms with Crippen LogP contribution in [0.25, 0.3) is 0 Å². The van der Waals surface area contributed by atoms with E-state index in [9.17, 15) is 0 Å². The Balaban J connectivity index is 1.51. The first kappa shape index (κ1) is 16.4. The van der Waals surface area contributed by atoms with Gasteiger partial charge in [0.05, 0.1) is 13.2 Å². The maximum Gasteiger partial charge on any atom is 0.168 e. The summed E-state index contributed by atoms with van der Waals surface area (Å²) in [7, 11) is 0. The minimum Gasteiger partial charge on any atom is -0.349 e. The van der Waals surface area contributed by atoms with E-state index in [1.54, 1.807) is 0 Å². The molecule has 4 atom stereocenters. The molecule has 1 saturated heterocycles. The monoisotopic (exact) mass is 320 g/mol. The van der Waals surface area contributed by atoms with Gasteiger partial charge in [0.1, 0.15) is 0 Å². The van der Waals surface area contributed by atoms with Crippen molar-refractivity contribution in [2.24, 2.45) is 40.9 Å². The van der Waals surface area contributed by atoms with Crippen LogP contribution in [0.3, 0.4) is 0 Å². The zero-order chi connectivity index (χ0) is 16.2. The summed E-state index contributed by atoms with van der Waals surface area (Å²) in [5.41, 5.74) is 0.341. The SMILES string of the molecule is CC(C)C1C2CC(C1C(C)C)C1(COC3(CCCCC3)OC1)C2. The van der Waals surface area contributed by atoms with Gasteiger partial charge in [-0.25, -0.2) is 0 Å². The van der Waals surface area contributed by atoms with Crippen molar-refractivity contribution in [3.63, 3.8) is 0 Å². The number of hydrogen-bond acceptors (Lipinski definition) is 2. The van der Waals surface area contributed by atoms with E-state index in [-0.39, 0.29) is 5.79 Å². The highest BCUT2D eigenvalue weighted by Gasteiger charge is 2.63. The Morgan fingerprint density at radius 1 is 0.826 bits per heavy atom. The van der Waals surface area contributed by atoms with Gasteiger partial charge in [0.15, 0.2) is 5.79 Å². The first-order valence-corrected chi connectivity index (χ1v) is 10.2. The van der Waals surface area contributed by atoms with E-state index in [1.165, 1.54) is 32.1 Å². The highest BCUT2D eigenvalue weighted by Crippen LogP contribution is 2.66. The highest BCUT2D eigenvalue weighted by atomic mass is 16.7. The van der Waals surface area contributed by atoms with Crippen LogP contribution in [0.1, 0.15) is 72.6 Å². The lowest BCUT2D eigenvalue weighted by Crippen LogP contribution is -2.55. The molecule has 0 aromatic rings. The molecule has 2 bridgehead atoms. The number of rotatable bonds is 2. The minimum absolute atomic E-state index is 0.198. The largest absolute Gasteiger partial charge is 0.349 e. The maximum atomic E-state index is 6.50. The van der Waals surface area contributed by atoms with Crippen molar-refractivity contribution in [3.05, 3.63) is 0 Å². The molecule has 23 heavy (non-hydrogen) atoms. The molecular formula is C21H36O2. The molecule has 4 rings (SSSR count). The van der Waals surface area contributed by atoms with Crippen molar-refractivity contribution in [3.8, 4) is 0 Å². The average Bonchev–Trinajstić information content (AvgIpc) is 3.07. The van der Waals surface area contributed by atoms with Crippen LogP contribution in [0.2, 0.25) is 0 Å². The molecule has 2 heteroatoms.